The Morgan fingerprint density at radius 1 is 1.71 bits per heavy atom. The lowest BCUT2D eigenvalue weighted by Crippen LogP contribution is -2.32. The van der Waals surface area contributed by atoms with Crippen molar-refractivity contribution in [3.05, 3.63) is 11.3 Å². The summed E-state index contributed by atoms with van der Waals surface area (Å²) in [6, 6.07) is -1.05. The minimum absolute atomic E-state index is 0. The number of aromatic hydroxyl groups is 1. The Labute approximate surface area is 90.5 Å². The van der Waals surface area contributed by atoms with Gasteiger partial charge in [-0.1, -0.05) is 0 Å². The molecule has 0 spiro atoms. The molecule has 0 radical (unpaired) electrons. The molecule has 4 N–H and O–H groups in total. The highest BCUT2D eigenvalue weighted by Crippen LogP contribution is 2.20. The number of rotatable bonds is 3. The number of carbonyl (C=O) groups is 1. The molecule has 0 aromatic carbocycles. The van der Waals surface area contributed by atoms with Crippen molar-refractivity contribution in [3.63, 3.8) is 0 Å². The number of hydrogen-bond acceptors (Lipinski definition) is 5. The zero-order chi connectivity index (χ0) is 10.0. The Bertz CT molecular complexity index is 306. The molecule has 0 bridgehead atoms. The summed E-state index contributed by atoms with van der Waals surface area (Å²) >= 11 is 0. The zero-order valence-corrected chi connectivity index (χ0v) is 9.14. The number of aliphatic carboxylic acids is 1. The maximum atomic E-state index is 10.4. The molecule has 1 aromatic rings. The van der Waals surface area contributed by atoms with E-state index in [1.165, 1.54) is 0 Å². The van der Waals surface area contributed by atoms with E-state index in [0.717, 1.165) is 0 Å². The Morgan fingerprint density at radius 3 is 2.64 bits per heavy atom. The molecule has 7 heteroatoms. The molecule has 0 aliphatic carbocycles. The third-order valence-corrected chi connectivity index (χ3v) is 1.71. The van der Waals surface area contributed by atoms with Crippen molar-refractivity contribution in [2.45, 2.75) is 19.4 Å². The quantitative estimate of drug-likeness (QED) is 0.722. The molecule has 0 saturated carbocycles. The van der Waals surface area contributed by atoms with E-state index in [1.54, 1.807) is 6.92 Å². The normalized spacial score (nSPS) is 11.9. The van der Waals surface area contributed by atoms with Gasteiger partial charge in [0.25, 0.3) is 5.88 Å². The maximum absolute atomic E-state index is 10.4. The second-order valence-electron chi connectivity index (χ2n) is 2.69. The van der Waals surface area contributed by atoms with Gasteiger partial charge in [-0.05, 0) is 12.1 Å². The fourth-order valence-electron chi connectivity index (χ4n) is 0.922. The van der Waals surface area contributed by atoms with Crippen molar-refractivity contribution in [2.24, 2.45) is 5.73 Å². The first kappa shape index (κ1) is 12.9. The lowest BCUT2D eigenvalue weighted by Gasteiger charge is -2.03. The van der Waals surface area contributed by atoms with Crippen molar-refractivity contribution >= 4 is 23.0 Å². The number of carboxylic acid groups (broad SMARTS) is 1. The predicted molar refractivity (Wildman–Crippen MR) is 52.5 cm³/mol. The molecular weight excluding hydrogens is 256 g/mol. The summed E-state index contributed by atoms with van der Waals surface area (Å²) in [6.07, 6.45) is 0.0104. The summed E-state index contributed by atoms with van der Waals surface area (Å²) in [5.41, 5.74) is 5.61. The van der Waals surface area contributed by atoms with E-state index < -0.39 is 12.0 Å². The first-order chi connectivity index (χ1) is 6.02. The van der Waals surface area contributed by atoms with E-state index in [1.807, 2.05) is 0 Å². The second-order valence-corrected chi connectivity index (χ2v) is 2.69. The summed E-state index contributed by atoms with van der Waals surface area (Å²) in [4.78, 5) is 10.4. The largest absolute Gasteiger partial charge is 0.491 e. The smallest absolute Gasteiger partial charge is 0.320 e. The van der Waals surface area contributed by atoms with Crippen molar-refractivity contribution in [1.82, 2.24) is 5.16 Å². The average Bonchev–Trinajstić information content (AvgIpc) is 2.35. The van der Waals surface area contributed by atoms with Gasteiger partial charge in [-0.25, -0.2) is 0 Å². The van der Waals surface area contributed by atoms with Gasteiger partial charge in [0.15, 0.2) is 0 Å². The van der Waals surface area contributed by atoms with Crippen LogP contribution in [0.3, 0.4) is 0 Å². The third kappa shape index (κ3) is 2.71. The Balaban J connectivity index is 0.00000169. The van der Waals surface area contributed by atoms with E-state index in [0.29, 0.717) is 11.3 Å². The lowest BCUT2D eigenvalue weighted by atomic mass is 10.1. The van der Waals surface area contributed by atoms with Crippen LogP contribution in [-0.4, -0.2) is 27.4 Å². The molecule has 0 aliphatic rings. The highest BCUT2D eigenvalue weighted by Gasteiger charge is 2.19. The van der Waals surface area contributed by atoms with E-state index in [4.69, 9.17) is 15.9 Å². The van der Waals surface area contributed by atoms with Gasteiger partial charge in [0, 0.05) is 6.42 Å². The molecule has 6 nitrogen and oxygen atoms in total. The molecule has 1 heterocycles. The average molecular weight is 267 g/mol. The zero-order valence-electron chi connectivity index (χ0n) is 7.43. The van der Waals surface area contributed by atoms with Crippen LogP contribution in [0.4, 0.5) is 0 Å². The fraction of sp³-hybridized carbons (Fsp3) is 0.429. The predicted octanol–water partition coefficient (Wildman–Crippen LogP) is 0.221. The second kappa shape index (κ2) is 4.97. The number of nitrogens with zero attached hydrogens (tertiary/aromatic N) is 1. The van der Waals surface area contributed by atoms with E-state index in [9.17, 15) is 4.79 Å². The number of aromatic nitrogens is 1. The molecule has 1 rings (SSSR count). The van der Waals surface area contributed by atoms with Crippen molar-refractivity contribution in [2.75, 3.05) is 0 Å². The Hall–Kier alpha value is -1.08. The molecule has 1 atom stereocenters. The first-order valence-corrected chi connectivity index (χ1v) is 3.65. The van der Waals surface area contributed by atoms with Crippen LogP contribution in [0.2, 0.25) is 0 Å². The van der Waals surface area contributed by atoms with Crippen LogP contribution in [0.15, 0.2) is 4.52 Å². The monoisotopic (exact) mass is 266 g/mol. The molecular formula is C7H11BrN2O4. The SMILES string of the molecule is Br.Cc1onc(O)c1CC(N)C(=O)O. The molecule has 0 fully saturated rings. The van der Waals surface area contributed by atoms with Gasteiger partial charge < -0.3 is 20.5 Å². The van der Waals surface area contributed by atoms with Gasteiger partial charge >= 0.3 is 5.97 Å². The van der Waals surface area contributed by atoms with Crippen LogP contribution in [-0.2, 0) is 11.2 Å². The summed E-state index contributed by atoms with van der Waals surface area (Å²) in [5.74, 6) is -1.04. The number of halogens is 1. The minimum Gasteiger partial charge on any atom is -0.491 e. The highest BCUT2D eigenvalue weighted by atomic mass is 79.9. The summed E-state index contributed by atoms with van der Waals surface area (Å²) in [7, 11) is 0. The van der Waals surface area contributed by atoms with Gasteiger partial charge in [-0.15, -0.1) is 17.0 Å². The van der Waals surface area contributed by atoms with E-state index in [2.05, 4.69) is 9.68 Å². The van der Waals surface area contributed by atoms with Crippen LogP contribution < -0.4 is 5.73 Å². The molecule has 80 valence electrons. The summed E-state index contributed by atoms with van der Waals surface area (Å²) < 4.78 is 4.63. The van der Waals surface area contributed by atoms with Gasteiger partial charge in [0.1, 0.15) is 11.8 Å². The van der Waals surface area contributed by atoms with E-state index >= 15 is 0 Å². The molecule has 14 heavy (non-hydrogen) atoms. The molecule has 1 unspecified atom stereocenters. The van der Waals surface area contributed by atoms with Crippen LogP contribution in [0.25, 0.3) is 0 Å². The Morgan fingerprint density at radius 2 is 2.29 bits per heavy atom. The third-order valence-electron chi connectivity index (χ3n) is 1.71. The number of hydrogen-bond donors (Lipinski definition) is 3. The fourth-order valence-corrected chi connectivity index (χ4v) is 0.922. The van der Waals surface area contributed by atoms with Crippen LogP contribution >= 0.6 is 17.0 Å². The number of aryl methyl sites for hydroxylation is 1. The highest BCUT2D eigenvalue weighted by molar-refractivity contribution is 8.93. The Kier molecular flexibility index (Phi) is 4.58. The standard InChI is InChI=1S/C7H10N2O4.BrH/c1-3-4(6(10)9-13-3)2-5(8)7(11)12;/h5H,2,8H2,1H3,(H,9,10)(H,11,12);1H. The van der Waals surface area contributed by atoms with Crippen LogP contribution in [0.5, 0.6) is 5.88 Å². The van der Waals surface area contributed by atoms with Gasteiger partial charge in [0.2, 0.25) is 0 Å². The summed E-state index contributed by atoms with van der Waals surface area (Å²) in [6.45, 7) is 1.58. The first-order valence-electron chi connectivity index (χ1n) is 3.65. The van der Waals surface area contributed by atoms with Crippen molar-refractivity contribution < 1.29 is 19.5 Å². The number of nitrogens with two attached hydrogens (primary N) is 1. The molecule has 0 aliphatic heterocycles. The van der Waals surface area contributed by atoms with Gasteiger partial charge in [0.05, 0.1) is 5.56 Å². The summed E-state index contributed by atoms with van der Waals surface area (Å²) in [5, 5.41) is 20.9. The van der Waals surface area contributed by atoms with E-state index in [-0.39, 0.29) is 29.3 Å². The van der Waals surface area contributed by atoms with Gasteiger partial charge in [-0.2, -0.15) is 0 Å². The molecule has 1 aromatic heterocycles. The molecule has 0 amide bonds. The van der Waals surface area contributed by atoms with Crippen molar-refractivity contribution in [3.8, 4) is 5.88 Å². The van der Waals surface area contributed by atoms with Crippen LogP contribution in [0.1, 0.15) is 11.3 Å². The topological polar surface area (TPSA) is 110 Å². The molecule has 0 saturated heterocycles. The lowest BCUT2D eigenvalue weighted by molar-refractivity contribution is -0.138. The maximum Gasteiger partial charge on any atom is 0.320 e. The number of carboxylic acids is 1. The van der Waals surface area contributed by atoms with Gasteiger partial charge in [-0.3, -0.25) is 4.79 Å². The minimum atomic E-state index is -1.12. The van der Waals surface area contributed by atoms with Crippen LogP contribution in [0, 0.1) is 6.92 Å². The van der Waals surface area contributed by atoms with Crippen molar-refractivity contribution in [1.29, 1.82) is 0 Å².